The number of imidazole rings is 1. The predicted molar refractivity (Wildman–Crippen MR) is 98.6 cm³/mol. The lowest BCUT2D eigenvalue weighted by Gasteiger charge is -2.02. The summed E-state index contributed by atoms with van der Waals surface area (Å²) in [6.45, 7) is 0.567. The van der Waals surface area contributed by atoms with Gasteiger partial charge in [-0.3, -0.25) is 14.9 Å². The second-order valence-electron chi connectivity index (χ2n) is 5.97. The summed E-state index contributed by atoms with van der Waals surface area (Å²) in [6.07, 6.45) is 4.99. The fraction of sp³-hybridized carbons (Fsp3) is 0.158. The Morgan fingerprint density at radius 3 is 2.92 bits per heavy atom. The van der Waals surface area contributed by atoms with Crippen LogP contribution in [0.5, 0.6) is 0 Å². The van der Waals surface area contributed by atoms with Gasteiger partial charge in [0.15, 0.2) is 0 Å². The molecule has 0 aliphatic heterocycles. The number of H-pyrrole nitrogens is 2. The van der Waals surface area contributed by atoms with Gasteiger partial charge in [-0.25, -0.2) is 4.98 Å². The quantitative estimate of drug-likeness (QED) is 0.467. The average molecular weight is 346 g/mol. The standard InChI is InChI=1S/C19H18N6O/c26-19(17-11-16(24-25-17)13-5-3-9-20-12-13)21-10-4-8-18-22-14-6-1-2-7-15(14)23-18/h1-3,5-7,9,11-12H,4,8,10H2,(H,21,26)(H,22,23)(H,24,25). The van der Waals surface area contributed by atoms with E-state index in [2.05, 4.69) is 30.5 Å². The minimum atomic E-state index is -0.169. The topological polar surface area (TPSA) is 99.3 Å². The number of aromatic amines is 2. The van der Waals surface area contributed by atoms with Crippen LogP contribution in [0.2, 0.25) is 0 Å². The predicted octanol–water partition coefficient (Wildman–Crippen LogP) is 2.71. The molecule has 0 fully saturated rings. The number of hydrogen-bond acceptors (Lipinski definition) is 4. The summed E-state index contributed by atoms with van der Waals surface area (Å²) < 4.78 is 0. The molecule has 26 heavy (non-hydrogen) atoms. The molecule has 0 atom stereocenters. The van der Waals surface area contributed by atoms with E-state index < -0.39 is 0 Å². The van der Waals surface area contributed by atoms with Crippen LogP contribution in [0.15, 0.2) is 54.9 Å². The smallest absolute Gasteiger partial charge is 0.269 e. The molecule has 0 aliphatic carbocycles. The highest BCUT2D eigenvalue weighted by atomic mass is 16.1. The molecule has 0 saturated heterocycles. The van der Waals surface area contributed by atoms with Crippen LogP contribution in [-0.4, -0.2) is 37.6 Å². The molecule has 4 aromatic rings. The van der Waals surface area contributed by atoms with E-state index in [-0.39, 0.29) is 5.91 Å². The molecule has 7 nitrogen and oxygen atoms in total. The second-order valence-corrected chi connectivity index (χ2v) is 5.97. The lowest BCUT2D eigenvalue weighted by molar-refractivity contribution is 0.0948. The lowest BCUT2D eigenvalue weighted by Crippen LogP contribution is -2.25. The summed E-state index contributed by atoms with van der Waals surface area (Å²) in [5.74, 6) is 0.762. The highest BCUT2D eigenvalue weighted by Crippen LogP contribution is 2.15. The Morgan fingerprint density at radius 1 is 1.15 bits per heavy atom. The highest BCUT2D eigenvalue weighted by Gasteiger charge is 2.10. The first-order valence-electron chi connectivity index (χ1n) is 8.47. The van der Waals surface area contributed by atoms with E-state index in [4.69, 9.17) is 0 Å². The van der Waals surface area contributed by atoms with Gasteiger partial charge in [-0.1, -0.05) is 12.1 Å². The Bertz CT molecular complexity index is 988. The zero-order chi connectivity index (χ0) is 17.8. The van der Waals surface area contributed by atoms with Gasteiger partial charge in [-0.2, -0.15) is 5.10 Å². The van der Waals surface area contributed by atoms with Crippen LogP contribution < -0.4 is 5.32 Å². The van der Waals surface area contributed by atoms with Gasteiger partial charge in [-0.15, -0.1) is 0 Å². The van der Waals surface area contributed by atoms with Crippen molar-refractivity contribution < 1.29 is 4.79 Å². The van der Waals surface area contributed by atoms with Gasteiger partial charge in [0.05, 0.1) is 16.7 Å². The summed E-state index contributed by atoms with van der Waals surface area (Å²) in [4.78, 5) is 24.1. The van der Waals surface area contributed by atoms with Gasteiger partial charge in [-0.05, 0) is 36.8 Å². The maximum Gasteiger partial charge on any atom is 0.269 e. The number of nitrogens with one attached hydrogen (secondary N) is 3. The number of para-hydroxylation sites is 2. The van der Waals surface area contributed by atoms with Crippen molar-refractivity contribution in [2.24, 2.45) is 0 Å². The van der Waals surface area contributed by atoms with Gasteiger partial charge in [0, 0.05) is 30.9 Å². The molecule has 130 valence electrons. The zero-order valence-corrected chi connectivity index (χ0v) is 14.1. The van der Waals surface area contributed by atoms with Crippen molar-refractivity contribution in [3.05, 3.63) is 66.4 Å². The molecule has 1 amide bonds. The second kappa shape index (κ2) is 7.18. The van der Waals surface area contributed by atoms with Crippen molar-refractivity contribution in [3.63, 3.8) is 0 Å². The van der Waals surface area contributed by atoms with Gasteiger partial charge >= 0.3 is 0 Å². The molecule has 3 aromatic heterocycles. The third-order valence-corrected chi connectivity index (χ3v) is 4.09. The molecule has 0 saturated carbocycles. The van der Waals surface area contributed by atoms with Crippen LogP contribution in [0.25, 0.3) is 22.3 Å². The van der Waals surface area contributed by atoms with E-state index in [0.29, 0.717) is 17.9 Å². The summed E-state index contributed by atoms with van der Waals surface area (Å²) in [5, 5.41) is 9.84. The zero-order valence-electron chi connectivity index (χ0n) is 14.1. The molecule has 0 radical (unpaired) electrons. The minimum absolute atomic E-state index is 0.169. The Balaban J connectivity index is 1.29. The van der Waals surface area contributed by atoms with E-state index in [1.807, 2.05) is 36.4 Å². The van der Waals surface area contributed by atoms with E-state index in [0.717, 1.165) is 35.3 Å². The third kappa shape index (κ3) is 3.46. The number of aryl methyl sites for hydroxylation is 1. The number of amides is 1. The summed E-state index contributed by atoms with van der Waals surface area (Å²) >= 11 is 0. The molecular weight excluding hydrogens is 328 g/mol. The van der Waals surface area contributed by atoms with Crippen molar-refractivity contribution >= 4 is 16.9 Å². The number of carbonyl (C=O) groups excluding carboxylic acids is 1. The third-order valence-electron chi connectivity index (χ3n) is 4.09. The number of carbonyl (C=O) groups is 1. The minimum Gasteiger partial charge on any atom is -0.351 e. The SMILES string of the molecule is O=C(NCCCc1nc2ccccc2[nH]1)c1cc(-c2cccnc2)n[nH]1. The number of nitrogens with zero attached hydrogens (tertiary/aromatic N) is 3. The number of aromatic nitrogens is 5. The van der Waals surface area contributed by atoms with Crippen molar-refractivity contribution in [1.29, 1.82) is 0 Å². The molecule has 3 N–H and O–H groups in total. The average Bonchev–Trinajstić information content (AvgIpc) is 3.32. The molecule has 7 heteroatoms. The Morgan fingerprint density at radius 2 is 2.08 bits per heavy atom. The lowest BCUT2D eigenvalue weighted by atomic mass is 10.2. The summed E-state index contributed by atoms with van der Waals surface area (Å²) in [7, 11) is 0. The number of fused-ring (bicyclic) bond motifs is 1. The Labute approximate surface area is 149 Å². The van der Waals surface area contributed by atoms with Crippen molar-refractivity contribution in [3.8, 4) is 11.3 Å². The van der Waals surface area contributed by atoms with Crippen molar-refractivity contribution in [1.82, 2.24) is 30.5 Å². The maximum absolute atomic E-state index is 12.2. The normalized spacial score (nSPS) is 10.9. The van der Waals surface area contributed by atoms with Gasteiger partial charge in [0.25, 0.3) is 5.91 Å². The summed E-state index contributed by atoms with van der Waals surface area (Å²) in [5.41, 5.74) is 4.00. The molecule has 0 spiro atoms. The van der Waals surface area contributed by atoms with Crippen LogP contribution in [0, 0.1) is 0 Å². The molecule has 3 heterocycles. The first-order valence-corrected chi connectivity index (χ1v) is 8.47. The fourth-order valence-electron chi connectivity index (χ4n) is 2.78. The molecule has 0 unspecified atom stereocenters. The van der Waals surface area contributed by atoms with E-state index in [9.17, 15) is 4.79 Å². The van der Waals surface area contributed by atoms with Gasteiger partial charge in [0.2, 0.25) is 0 Å². The maximum atomic E-state index is 12.2. The largest absolute Gasteiger partial charge is 0.351 e. The fourth-order valence-corrected chi connectivity index (χ4v) is 2.78. The Hall–Kier alpha value is -3.48. The molecule has 0 aliphatic rings. The van der Waals surface area contributed by atoms with Crippen LogP contribution in [-0.2, 0) is 6.42 Å². The van der Waals surface area contributed by atoms with Crippen LogP contribution in [0.4, 0.5) is 0 Å². The van der Waals surface area contributed by atoms with Crippen LogP contribution in [0.1, 0.15) is 22.7 Å². The van der Waals surface area contributed by atoms with E-state index in [1.165, 1.54) is 0 Å². The summed E-state index contributed by atoms with van der Waals surface area (Å²) in [6, 6.07) is 13.4. The number of benzene rings is 1. The molecule has 1 aromatic carbocycles. The number of hydrogen-bond donors (Lipinski definition) is 3. The first-order chi connectivity index (χ1) is 12.8. The molecule has 4 rings (SSSR count). The molecule has 0 bridgehead atoms. The van der Waals surface area contributed by atoms with Crippen molar-refractivity contribution in [2.45, 2.75) is 12.8 Å². The van der Waals surface area contributed by atoms with E-state index in [1.54, 1.807) is 18.5 Å². The van der Waals surface area contributed by atoms with Crippen molar-refractivity contribution in [2.75, 3.05) is 6.54 Å². The van der Waals surface area contributed by atoms with Crippen LogP contribution >= 0.6 is 0 Å². The monoisotopic (exact) mass is 346 g/mol. The van der Waals surface area contributed by atoms with Gasteiger partial charge < -0.3 is 10.3 Å². The van der Waals surface area contributed by atoms with Crippen LogP contribution in [0.3, 0.4) is 0 Å². The molecular formula is C19H18N6O. The number of pyridine rings is 1. The Kier molecular flexibility index (Phi) is 4.42. The number of rotatable bonds is 6. The highest BCUT2D eigenvalue weighted by molar-refractivity contribution is 5.93. The van der Waals surface area contributed by atoms with Gasteiger partial charge in [0.1, 0.15) is 11.5 Å². The van der Waals surface area contributed by atoms with E-state index >= 15 is 0 Å². The first kappa shape index (κ1) is 16.0.